The lowest BCUT2D eigenvalue weighted by molar-refractivity contribution is -0.0366. The number of rotatable bonds is 25. The summed E-state index contributed by atoms with van der Waals surface area (Å²) >= 11 is 0. The van der Waals surface area contributed by atoms with E-state index in [2.05, 4.69) is 158 Å². The van der Waals surface area contributed by atoms with E-state index in [1.54, 1.807) is 0 Å². The molecular weight excluding hydrogens is 773 g/mol. The van der Waals surface area contributed by atoms with Gasteiger partial charge in [0.05, 0.1) is 37.9 Å². The monoisotopic (exact) mass is 857 g/mol. The molecule has 0 aliphatic carbocycles. The first-order valence-electron chi connectivity index (χ1n) is 23.8. The first-order valence-corrected chi connectivity index (χ1v) is 23.8. The van der Waals surface area contributed by atoms with Gasteiger partial charge in [0, 0.05) is 23.7 Å². The summed E-state index contributed by atoms with van der Waals surface area (Å²) in [6.07, 6.45) is 12.8. The lowest BCUT2D eigenvalue weighted by Crippen LogP contribution is -2.39. The molecule has 2 aromatic rings. The molecule has 4 rings (SSSR count). The average Bonchev–Trinajstić information content (AvgIpc) is 3.72. The van der Waals surface area contributed by atoms with Crippen LogP contribution in [-0.2, 0) is 19.1 Å². The maximum Gasteiger partial charge on any atom is 0.143 e. The Labute approximate surface area is 377 Å². The highest BCUT2D eigenvalue weighted by Gasteiger charge is 2.50. The van der Waals surface area contributed by atoms with E-state index in [0.29, 0.717) is 39.6 Å². The summed E-state index contributed by atoms with van der Waals surface area (Å²) < 4.78 is 23.7. The van der Waals surface area contributed by atoms with Gasteiger partial charge in [-0.1, -0.05) is 127 Å². The van der Waals surface area contributed by atoms with Gasteiger partial charge in [-0.15, -0.1) is 0 Å². The van der Waals surface area contributed by atoms with Crippen LogP contribution in [-0.4, -0.2) is 62.3 Å². The second-order valence-corrected chi connectivity index (χ2v) is 20.3. The second-order valence-electron chi connectivity index (χ2n) is 20.3. The molecule has 62 heavy (non-hydrogen) atoms. The van der Waals surface area contributed by atoms with Crippen LogP contribution in [0.4, 0.5) is 0 Å². The Hall–Kier alpha value is -3.62. The van der Waals surface area contributed by atoms with Gasteiger partial charge in [-0.2, -0.15) is 0 Å². The van der Waals surface area contributed by atoms with Crippen molar-refractivity contribution < 1.29 is 28.6 Å². The van der Waals surface area contributed by atoms with Crippen molar-refractivity contribution in [1.29, 1.82) is 0 Å². The van der Waals surface area contributed by atoms with Crippen LogP contribution in [0.5, 0.6) is 11.5 Å². The summed E-state index contributed by atoms with van der Waals surface area (Å²) in [6, 6.07) is 17.0. The zero-order chi connectivity index (χ0) is 45.6. The lowest BCUT2D eigenvalue weighted by atomic mass is 9.67. The fraction of sp³-hybridized carbons (Fsp3) is 0.667. The Kier molecular flexibility index (Phi) is 19.2. The van der Waals surface area contributed by atoms with Gasteiger partial charge in [-0.25, -0.2) is 0 Å². The van der Waals surface area contributed by atoms with Crippen LogP contribution in [0.25, 0.3) is 0 Å². The molecule has 8 heteroatoms. The number of ether oxygens (including phenoxy) is 4. The average molecular weight is 857 g/mol. The number of benzene rings is 2. The molecule has 0 saturated carbocycles. The van der Waals surface area contributed by atoms with Gasteiger partial charge in [0.15, 0.2) is 0 Å². The van der Waals surface area contributed by atoms with Crippen molar-refractivity contribution >= 4 is 11.4 Å². The van der Waals surface area contributed by atoms with Gasteiger partial charge < -0.3 is 28.6 Å². The maximum atomic E-state index is 6.29. The van der Waals surface area contributed by atoms with Gasteiger partial charge in [-0.3, -0.25) is 0 Å². The Morgan fingerprint density at radius 3 is 1.45 bits per heavy atom. The third-order valence-electron chi connectivity index (χ3n) is 13.1. The van der Waals surface area contributed by atoms with E-state index < -0.39 is 0 Å². The fourth-order valence-electron chi connectivity index (χ4n) is 9.55. The van der Waals surface area contributed by atoms with Gasteiger partial charge in [0.2, 0.25) is 0 Å². The van der Waals surface area contributed by atoms with Gasteiger partial charge in [0.1, 0.15) is 35.9 Å². The largest absolute Gasteiger partial charge is 0.491 e. The first-order chi connectivity index (χ1) is 29.4. The van der Waals surface area contributed by atoms with Crippen molar-refractivity contribution in [2.75, 3.05) is 39.6 Å². The van der Waals surface area contributed by atoms with E-state index in [4.69, 9.17) is 38.9 Å². The van der Waals surface area contributed by atoms with Crippen LogP contribution in [0.2, 0.25) is 0 Å². The molecule has 346 valence electrons. The molecule has 0 bridgehead atoms. The van der Waals surface area contributed by atoms with E-state index in [1.165, 1.54) is 28.0 Å². The van der Waals surface area contributed by atoms with Crippen LogP contribution in [0.1, 0.15) is 171 Å². The highest BCUT2D eigenvalue weighted by atomic mass is 16.7. The van der Waals surface area contributed by atoms with Crippen molar-refractivity contribution in [2.45, 2.75) is 171 Å². The quantitative estimate of drug-likeness (QED) is 0.0731. The predicted octanol–water partition coefficient (Wildman–Crippen LogP) is 14.1. The molecule has 0 radical (unpaired) electrons. The van der Waals surface area contributed by atoms with Crippen molar-refractivity contribution in [1.82, 2.24) is 0 Å². The van der Waals surface area contributed by atoms with Crippen LogP contribution in [0, 0.1) is 22.7 Å². The molecule has 2 aromatic carbocycles. The zero-order valence-corrected chi connectivity index (χ0v) is 41.3. The normalized spacial score (nSPS) is 23.1. The topological polar surface area (TPSA) is 80.1 Å². The Morgan fingerprint density at radius 2 is 1.03 bits per heavy atom. The van der Waals surface area contributed by atoms with E-state index in [-0.39, 0.29) is 45.7 Å². The van der Waals surface area contributed by atoms with E-state index >= 15 is 0 Å². The minimum atomic E-state index is -0.294. The van der Waals surface area contributed by atoms with E-state index in [0.717, 1.165) is 68.6 Å². The molecule has 2 aliphatic heterocycles. The van der Waals surface area contributed by atoms with Crippen molar-refractivity contribution in [3.05, 3.63) is 83.0 Å². The molecule has 2 heterocycles. The van der Waals surface area contributed by atoms with Gasteiger partial charge in [0.25, 0.3) is 0 Å². The summed E-state index contributed by atoms with van der Waals surface area (Å²) in [7, 11) is 0. The molecule has 2 aliphatic rings. The Balaban J connectivity index is 1.18. The third-order valence-corrected chi connectivity index (χ3v) is 13.1. The minimum Gasteiger partial charge on any atom is -0.491 e. The highest BCUT2D eigenvalue weighted by Crippen LogP contribution is 2.48. The molecular formula is C54H84N2O6. The highest BCUT2D eigenvalue weighted by molar-refractivity contribution is 5.96. The molecule has 6 atom stereocenters. The molecule has 8 nitrogen and oxygen atoms in total. The smallest absolute Gasteiger partial charge is 0.143 e. The molecule has 0 N–H and O–H groups in total. The van der Waals surface area contributed by atoms with Crippen LogP contribution in [0.15, 0.2) is 82.1 Å². The SMILES string of the molecule is CC/C=C(/C)CCC1C(C(c2ccc(OCCOCCOCCOc3ccc(C(C4=NOC(C)(CC/C(C)=C\CC)C4CC)C(C)(C)C)cc3)cc2)C(C)(C)C)=NOC1(C)CC. The van der Waals surface area contributed by atoms with E-state index in [9.17, 15) is 0 Å². The maximum absolute atomic E-state index is 6.29. The van der Waals surface area contributed by atoms with E-state index in [1.807, 2.05) is 0 Å². The second kappa shape index (κ2) is 23.4. The summed E-state index contributed by atoms with van der Waals surface area (Å²) in [6.45, 7) is 34.5. The van der Waals surface area contributed by atoms with Crippen LogP contribution >= 0.6 is 0 Å². The molecule has 0 saturated heterocycles. The predicted molar refractivity (Wildman–Crippen MR) is 258 cm³/mol. The first kappa shape index (κ1) is 51.0. The molecule has 0 fully saturated rings. The van der Waals surface area contributed by atoms with Gasteiger partial charge in [-0.05, 0) is 125 Å². The summed E-state index contributed by atoms with van der Waals surface area (Å²) in [5.74, 6) is 2.47. The number of nitrogens with zero attached hydrogens (tertiary/aromatic N) is 2. The Bertz CT molecular complexity index is 1780. The number of allylic oxidation sites excluding steroid dienone is 4. The molecule has 0 amide bonds. The third kappa shape index (κ3) is 13.9. The molecule has 0 spiro atoms. The van der Waals surface area contributed by atoms with Crippen molar-refractivity contribution in [3.63, 3.8) is 0 Å². The lowest BCUT2D eigenvalue weighted by Gasteiger charge is -2.36. The summed E-state index contributed by atoms with van der Waals surface area (Å²) in [4.78, 5) is 12.5. The number of hydrogen-bond acceptors (Lipinski definition) is 8. The van der Waals surface area contributed by atoms with Crippen LogP contribution < -0.4 is 9.47 Å². The minimum absolute atomic E-state index is 0.0283. The number of hydrogen-bond donors (Lipinski definition) is 0. The van der Waals surface area contributed by atoms with Crippen LogP contribution in [0.3, 0.4) is 0 Å². The zero-order valence-electron chi connectivity index (χ0n) is 41.3. The molecule has 6 unspecified atom stereocenters. The van der Waals surface area contributed by atoms with Crippen molar-refractivity contribution in [3.8, 4) is 11.5 Å². The standard InChI is InChI=1S/C54H84N2O6/c1-15-19-39(5)21-30-46-50(56-61-53(46,13)18-4)48(52(10,11)12)42-24-28-44(29-25-42)60-38-36-58-34-33-57-35-37-59-43-26-22-41(23-27-43)47(51(7,8)9)49-45(17-3)54(14,62-55-49)32-31-40(6)20-16-2/h19-20,22-29,45-48H,15-18,21,30-38H2,1-14H3/b39-19-,40-20-. The Morgan fingerprint density at radius 1 is 0.613 bits per heavy atom. The van der Waals surface area contributed by atoms with Crippen molar-refractivity contribution in [2.24, 2.45) is 33.0 Å². The van der Waals surface area contributed by atoms with Gasteiger partial charge >= 0.3 is 0 Å². The molecule has 0 aromatic heterocycles. The number of oxime groups is 2. The fourth-order valence-corrected chi connectivity index (χ4v) is 9.55. The summed E-state index contributed by atoms with van der Waals surface area (Å²) in [5, 5.41) is 9.63. The summed E-state index contributed by atoms with van der Waals surface area (Å²) in [5.41, 5.74) is 7.03.